The molecule has 0 saturated carbocycles. The second-order valence-electron chi connectivity index (χ2n) is 6.60. The second kappa shape index (κ2) is 9.48. The van der Waals surface area contributed by atoms with Crippen LogP contribution in [0.2, 0.25) is 0 Å². The van der Waals surface area contributed by atoms with Gasteiger partial charge in [0.05, 0.1) is 4.90 Å². The molecule has 28 heavy (non-hydrogen) atoms. The molecule has 7 nitrogen and oxygen atoms in total. The van der Waals surface area contributed by atoms with Gasteiger partial charge in [0.25, 0.3) is 5.91 Å². The molecule has 3 N–H and O–H groups in total. The van der Waals surface area contributed by atoms with E-state index in [4.69, 9.17) is 0 Å². The average molecular weight is 404 g/mol. The molecule has 2 aromatic carbocycles. The molecule has 0 fully saturated rings. The summed E-state index contributed by atoms with van der Waals surface area (Å²) in [6.45, 7) is 5.82. The summed E-state index contributed by atoms with van der Waals surface area (Å²) >= 11 is 0. The number of hydrogen-bond acceptors (Lipinski definition) is 4. The molecule has 0 heterocycles. The van der Waals surface area contributed by atoms with Gasteiger partial charge < -0.3 is 10.6 Å². The van der Waals surface area contributed by atoms with E-state index in [9.17, 15) is 18.0 Å². The Morgan fingerprint density at radius 3 is 2.25 bits per heavy atom. The Morgan fingerprint density at radius 2 is 1.64 bits per heavy atom. The van der Waals surface area contributed by atoms with Crippen LogP contribution < -0.4 is 15.4 Å². The van der Waals surface area contributed by atoms with Crippen LogP contribution in [-0.4, -0.2) is 26.8 Å². The third-order valence-electron chi connectivity index (χ3n) is 3.88. The molecular formula is C20H25N3O4S. The summed E-state index contributed by atoms with van der Waals surface area (Å²) in [6, 6.07) is 12.5. The van der Waals surface area contributed by atoms with Gasteiger partial charge in [-0.25, -0.2) is 13.1 Å². The van der Waals surface area contributed by atoms with E-state index in [1.807, 2.05) is 6.92 Å². The molecule has 0 radical (unpaired) electrons. The minimum atomic E-state index is -3.55. The Labute approximate surface area is 165 Å². The van der Waals surface area contributed by atoms with Crippen molar-refractivity contribution in [2.45, 2.75) is 32.1 Å². The van der Waals surface area contributed by atoms with Gasteiger partial charge in [0.2, 0.25) is 15.9 Å². The number of hydrogen-bond donors (Lipinski definition) is 3. The van der Waals surface area contributed by atoms with Gasteiger partial charge in [-0.2, -0.15) is 0 Å². The molecule has 0 spiro atoms. The number of carbonyl (C=O) groups is 2. The molecule has 2 aromatic rings. The van der Waals surface area contributed by atoms with E-state index >= 15 is 0 Å². The Balaban J connectivity index is 2.08. The summed E-state index contributed by atoms with van der Waals surface area (Å²) in [6.07, 6.45) is 0.698. The third-order valence-corrected chi connectivity index (χ3v) is 5.36. The van der Waals surface area contributed by atoms with Gasteiger partial charge in [0.1, 0.15) is 0 Å². The fourth-order valence-electron chi connectivity index (χ4n) is 2.27. The minimum Gasteiger partial charge on any atom is -0.326 e. The van der Waals surface area contributed by atoms with Crippen molar-refractivity contribution < 1.29 is 18.0 Å². The number of carbonyl (C=O) groups excluding carboxylic acids is 2. The van der Waals surface area contributed by atoms with Gasteiger partial charge in [-0.3, -0.25) is 9.59 Å². The average Bonchev–Trinajstić information content (AvgIpc) is 2.67. The number of rotatable bonds is 8. The van der Waals surface area contributed by atoms with Crippen molar-refractivity contribution in [1.82, 2.24) is 4.72 Å². The van der Waals surface area contributed by atoms with Crippen molar-refractivity contribution in [3.05, 3.63) is 54.1 Å². The molecule has 0 aromatic heterocycles. The zero-order chi connectivity index (χ0) is 20.7. The normalized spacial score (nSPS) is 11.3. The fraction of sp³-hybridized carbons (Fsp3) is 0.300. The van der Waals surface area contributed by atoms with Crippen LogP contribution in [0.5, 0.6) is 0 Å². The number of amides is 2. The van der Waals surface area contributed by atoms with Gasteiger partial charge in [-0.05, 0) is 48.9 Å². The highest BCUT2D eigenvalue weighted by Crippen LogP contribution is 2.17. The molecule has 8 heteroatoms. The van der Waals surface area contributed by atoms with Crippen molar-refractivity contribution >= 4 is 33.2 Å². The maximum absolute atomic E-state index is 12.5. The largest absolute Gasteiger partial charge is 0.326 e. The minimum absolute atomic E-state index is 0.133. The number of sulfonamides is 1. The fourth-order valence-corrected chi connectivity index (χ4v) is 3.40. The van der Waals surface area contributed by atoms with Crippen LogP contribution in [0.25, 0.3) is 0 Å². The molecule has 0 saturated heterocycles. The van der Waals surface area contributed by atoms with Crippen LogP contribution in [0.1, 0.15) is 37.6 Å². The molecule has 150 valence electrons. The van der Waals surface area contributed by atoms with E-state index in [1.54, 1.807) is 38.1 Å². The summed E-state index contributed by atoms with van der Waals surface area (Å²) in [5.74, 6) is -0.662. The lowest BCUT2D eigenvalue weighted by Crippen LogP contribution is -2.24. The molecule has 2 rings (SSSR count). The van der Waals surface area contributed by atoms with Gasteiger partial charge >= 0.3 is 0 Å². The first-order valence-corrected chi connectivity index (χ1v) is 10.5. The summed E-state index contributed by atoms with van der Waals surface area (Å²) in [5, 5.41) is 5.47. The van der Waals surface area contributed by atoms with Gasteiger partial charge in [-0.15, -0.1) is 0 Å². The lowest BCUT2D eigenvalue weighted by molar-refractivity contribution is -0.118. The Kier molecular flexibility index (Phi) is 7.31. The summed E-state index contributed by atoms with van der Waals surface area (Å²) in [4.78, 5) is 24.4. The van der Waals surface area contributed by atoms with Crippen LogP contribution in [-0.2, 0) is 14.8 Å². The predicted molar refractivity (Wildman–Crippen MR) is 110 cm³/mol. The van der Waals surface area contributed by atoms with Crippen molar-refractivity contribution in [3.63, 3.8) is 0 Å². The van der Waals surface area contributed by atoms with E-state index in [0.717, 1.165) is 0 Å². The first kappa shape index (κ1) is 21.6. The summed E-state index contributed by atoms with van der Waals surface area (Å²) in [5.41, 5.74) is 1.38. The van der Waals surface area contributed by atoms with Gasteiger partial charge in [-0.1, -0.05) is 26.8 Å². The highest BCUT2D eigenvalue weighted by Gasteiger charge is 2.14. The molecule has 0 atom stereocenters. The van der Waals surface area contributed by atoms with E-state index < -0.39 is 10.0 Å². The Bertz CT molecular complexity index is 938. The highest BCUT2D eigenvalue weighted by atomic mass is 32.2. The molecule has 0 unspecified atom stereocenters. The zero-order valence-corrected chi connectivity index (χ0v) is 17.0. The van der Waals surface area contributed by atoms with Gasteiger partial charge in [0, 0.05) is 29.4 Å². The van der Waals surface area contributed by atoms with Crippen molar-refractivity contribution in [2.24, 2.45) is 5.92 Å². The number of anilines is 2. The number of nitrogens with one attached hydrogen (secondary N) is 3. The number of benzene rings is 2. The zero-order valence-electron chi connectivity index (χ0n) is 16.2. The summed E-state index contributed by atoms with van der Waals surface area (Å²) < 4.78 is 26.7. The molecule has 0 aliphatic rings. The van der Waals surface area contributed by atoms with Crippen LogP contribution in [0, 0.1) is 5.92 Å². The summed E-state index contributed by atoms with van der Waals surface area (Å²) in [7, 11) is -3.55. The second-order valence-corrected chi connectivity index (χ2v) is 8.37. The SMILES string of the molecule is CCCNS(=O)(=O)c1ccc(NC(=O)c2cccc(NC(=O)C(C)C)c2)cc1. The highest BCUT2D eigenvalue weighted by molar-refractivity contribution is 7.89. The first-order chi connectivity index (χ1) is 13.2. The van der Waals surface area contributed by atoms with E-state index in [1.165, 1.54) is 24.3 Å². The van der Waals surface area contributed by atoms with Crippen LogP contribution >= 0.6 is 0 Å². The lowest BCUT2D eigenvalue weighted by atomic mass is 10.1. The molecular weight excluding hydrogens is 378 g/mol. The molecule has 2 amide bonds. The van der Waals surface area contributed by atoms with Crippen LogP contribution in [0.15, 0.2) is 53.4 Å². The van der Waals surface area contributed by atoms with Gasteiger partial charge in [0.15, 0.2) is 0 Å². The smallest absolute Gasteiger partial charge is 0.255 e. The maximum atomic E-state index is 12.5. The standard InChI is InChI=1S/C20H25N3O4S/c1-4-12-21-28(26,27)18-10-8-16(9-11-18)22-20(25)15-6-5-7-17(13-15)23-19(24)14(2)3/h5-11,13-14,21H,4,12H2,1-3H3,(H,22,25)(H,23,24). The van der Waals surface area contributed by atoms with E-state index in [2.05, 4.69) is 15.4 Å². The van der Waals surface area contributed by atoms with Crippen molar-refractivity contribution in [1.29, 1.82) is 0 Å². The molecule has 0 aliphatic heterocycles. The van der Waals surface area contributed by atoms with Crippen LogP contribution in [0.4, 0.5) is 11.4 Å². The third kappa shape index (κ3) is 5.90. The van der Waals surface area contributed by atoms with Crippen molar-refractivity contribution in [2.75, 3.05) is 17.2 Å². The topological polar surface area (TPSA) is 104 Å². The Hall–Kier alpha value is -2.71. The van der Waals surface area contributed by atoms with Crippen molar-refractivity contribution in [3.8, 4) is 0 Å². The monoisotopic (exact) mass is 403 g/mol. The van der Waals surface area contributed by atoms with Crippen LogP contribution in [0.3, 0.4) is 0 Å². The van der Waals surface area contributed by atoms with E-state index in [0.29, 0.717) is 29.9 Å². The quantitative estimate of drug-likeness (QED) is 0.629. The maximum Gasteiger partial charge on any atom is 0.255 e. The molecule has 0 bridgehead atoms. The van der Waals surface area contributed by atoms with E-state index in [-0.39, 0.29) is 22.6 Å². The molecule has 0 aliphatic carbocycles. The Morgan fingerprint density at radius 1 is 0.964 bits per heavy atom. The predicted octanol–water partition coefficient (Wildman–Crippen LogP) is 3.22. The first-order valence-electron chi connectivity index (χ1n) is 9.05. The lowest BCUT2D eigenvalue weighted by Gasteiger charge is -2.10.